The number of halogens is 1. The molecule has 3 N–H and O–H groups in total. The summed E-state index contributed by atoms with van der Waals surface area (Å²) in [5.74, 6) is -0.0949. The van der Waals surface area contributed by atoms with Gasteiger partial charge in [0.25, 0.3) is 5.91 Å². The minimum absolute atomic E-state index is 0.0819. The lowest BCUT2D eigenvalue weighted by Crippen LogP contribution is -2.30. The third-order valence-corrected chi connectivity index (χ3v) is 4.83. The van der Waals surface area contributed by atoms with E-state index in [4.69, 9.17) is 5.73 Å². The maximum absolute atomic E-state index is 12.6. The summed E-state index contributed by atoms with van der Waals surface area (Å²) in [7, 11) is 0. The van der Waals surface area contributed by atoms with E-state index in [2.05, 4.69) is 26.3 Å². The topological polar surface area (TPSA) is 72.9 Å². The van der Waals surface area contributed by atoms with Crippen molar-refractivity contribution in [2.75, 3.05) is 6.54 Å². The molecule has 0 bridgehead atoms. The van der Waals surface area contributed by atoms with Crippen molar-refractivity contribution < 1.29 is 4.79 Å². The highest BCUT2D eigenvalue weighted by atomic mass is 79.9. The standard InChI is InChI=1S/C18H23BrN4O/c1-12(20)9-10-21-18(24)17-15-7-2-3-8-16(15)23(22-17)14-6-4-5-13(19)11-14/h4-6,11-12H,2-3,7-10,20H2,1H3,(H,21,24). The van der Waals surface area contributed by atoms with Crippen LogP contribution in [0.5, 0.6) is 0 Å². The second-order valence-corrected chi connectivity index (χ2v) is 7.31. The van der Waals surface area contributed by atoms with Crippen LogP contribution in [0.4, 0.5) is 0 Å². The molecule has 0 saturated carbocycles. The van der Waals surface area contributed by atoms with Gasteiger partial charge in [0.15, 0.2) is 5.69 Å². The number of benzene rings is 1. The van der Waals surface area contributed by atoms with Gasteiger partial charge in [-0.05, 0) is 57.2 Å². The molecular weight excluding hydrogens is 368 g/mol. The number of fused-ring (bicyclic) bond motifs is 1. The van der Waals surface area contributed by atoms with Crippen LogP contribution in [0, 0.1) is 0 Å². The van der Waals surface area contributed by atoms with Crippen molar-refractivity contribution in [3.8, 4) is 5.69 Å². The second kappa shape index (κ2) is 7.49. The van der Waals surface area contributed by atoms with Crippen molar-refractivity contribution in [3.63, 3.8) is 0 Å². The van der Waals surface area contributed by atoms with Crippen molar-refractivity contribution in [3.05, 3.63) is 45.7 Å². The fourth-order valence-electron chi connectivity index (χ4n) is 3.10. The van der Waals surface area contributed by atoms with Crippen LogP contribution in [0.25, 0.3) is 5.69 Å². The minimum atomic E-state index is -0.0949. The Morgan fingerprint density at radius 2 is 2.21 bits per heavy atom. The molecule has 1 aliphatic rings. The molecule has 1 heterocycles. The molecule has 1 amide bonds. The lowest BCUT2D eigenvalue weighted by atomic mass is 9.95. The number of carbonyl (C=O) groups excluding carboxylic acids is 1. The first-order valence-corrected chi connectivity index (χ1v) is 9.26. The molecule has 0 saturated heterocycles. The summed E-state index contributed by atoms with van der Waals surface area (Å²) in [4.78, 5) is 12.6. The number of nitrogens with two attached hydrogens (primary N) is 1. The van der Waals surface area contributed by atoms with Gasteiger partial charge >= 0.3 is 0 Å². The van der Waals surface area contributed by atoms with Crippen molar-refractivity contribution in [2.24, 2.45) is 5.73 Å². The van der Waals surface area contributed by atoms with Gasteiger partial charge in [0, 0.05) is 28.3 Å². The van der Waals surface area contributed by atoms with Gasteiger partial charge in [0.1, 0.15) is 0 Å². The third-order valence-electron chi connectivity index (χ3n) is 4.33. The molecule has 5 nitrogen and oxygen atoms in total. The lowest BCUT2D eigenvalue weighted by molar-refractivity contribution is 0.0946. The van der Waals surface area contributed by atoms with E-state index in [-0.39, 0.29) is 11.9 Å². The first kappa shape index (κ1) is 17.2. The average Bonchev–Trinajstić information content (AvgIpc) is 2.94. The largest absolute Gasteiger partial charge is 0.351 e. The quantitative estimate of drug-likeness (QED) is 0.823. The van der Waals surface area contributed by atoms with E-state index in [9.17, 15) is 4.79 Å². The summed E-state index contributed by atoms with van der Waals surface area (Å²) < 4.78 is 2.93. The molecule has 0 radical (unpaired) electrons. The van der Waals surface area contributed by atoms with E-state index >= 15 is 0 Å². The average molecular weight is 391 g/mol. The SMILES string of the molecule is CC(N)CCNC(=O)c1nn(-c2cccc(Br)c2)c2c1CCCC2. The molecule has 128 valence electrons. The second-order valence-electron chi connectivity index (χ2n) is 6.39. The zero-order valence-corrected chi connectivity index (χ0v) is 15.5. The molecule has 1 aromatic carbocycles. The van der Waals surface area contributed by atoms with Crippen LogP contribution in [0.3, 0.4) is 0 Å². The Labute approximate surface area is 150 Å². The van der Waals surface area contributed by atoms with Gasteiger partial charge in [-0.1, -0.05) is 22.0 Å². The van der Waals surface area contributed by atoms with Gasteiger partial charge in [-0.3, -0.25) is 4.79 Å². The van der Waals surface area contributed by atoms with Crippen LogP contribution in [0.2, 0.25) is 0 Å². The van der Waals surface area contributed by atoms with Gasteiger partial charge < -0.3 is 11.1 Å². The van der Waals surface area contributed by atoms with Gasteiger partial charge in [-0.2, -0.15) is 5.10 Å². The van der Waals surface area contributed by atoms with Crippen LogP contribution < -0.4 is 11.1 Å². The fraction of sp³-hybridized carbons (Fsp3) is 0.444. The normalized spacial score (nSPS) is 15.0. The zero-order valence-electron chi connectivity index (χ0n) is 13.9. The van der Waals surface area contributed by atoms with E-state index in [0.717, 1.165) is 53.5 Å². The van der Waals surface area contributed by atoms with Crippen molar-refractivity contribution in [1.82, 2.24) is 15.1 Å². The summed E-state index contributed by atoms with van der Waals surface area (Å²) in [5, 5.41) is 7.61. The Hall–Kier alpha value is -1.66. The number of hydrogen-bond donors (Lipinski definition) is 2. The molecule has 0 fully saturated rings. The summed E-state index contributed by atoms with van der Waals surface area (Å²) in [6.07, 6.45) is 4.89. The zero-order chi connectivity index (χ0) is 17.1. The number of aromatic nitrogens is 2. The summed E-state index contributed by atoms with van der Waals surface area (Å²) >= 11 is 3.51. The molecule has 6 heteroatoms. The van der Waals surface area contributed by atoms with Gasteiger partial charge in [0.2, 0.25) is 0 Å². The van der Waals surface area contributed by atoms with E-state index in [0.29, 0.717) is 12.2 Å². The van der Waals surface area contributed by atoms with E-state index in [1.54, 1.807) is 0 Å². The molecular formula is C18H23BrN4O. The lowest BCUT2D eigenvalue weighted by Gasteiger charge is -2.14. The smallest absolute Gasteiger partial charge is 0.272 e. The summed E-state index contributed by atoms with van der Waals surface area (Å²) in [5.41, 5.74) is 9.56. The first-order valence-electron chi connectivity index (χ1n) is 8.46. The highest BCUT2D eigenvalue weighted by Gasteiger charge is 2.25. The Morgan fingerprint density at radius 3 is 2.96 bits per heavy atom. The third kappa shape index (κ3) is 3.70. The van der Waals surface area contributed by atoms with Crippen LogP contribution in [0.15, 0.2) is 28.7 Å². The van der Waals surface area contributed by atoms with Crippen molar-refractivity contribution >= 4 is 21.8 Å². The van der Waals surface area contributed by atoms with E-state index < -0.39 is 0 Å². The number of hydrogen-bond acceptors (Lipinski definition) is 3. The molecule has 1 aromatic heterocycles. The number of rotatable bonds is 5. The Balaban J connectivity index is 1.91. The predicted molar refractivity (Wildman–Crippen MR) is 98.5 cm³/mol. The number of carbonyl (C=O) groups is 1. The Morgan fingerprint density at radius 1 is 1.42 bits per heavy atom. The van der Waals surface area contributed by atoms with Gasteiger partial charge in [-0.25, -0.2) is 4.68 Å². The predicted octanol–water partition coefficient (Wildman–Crippen LogP) is 2.98. The van der Waals surface area contributed by atoms with Crippen LogP contribution in [-0.4, -0.2) is 28.3 Å². The Kier molecular flexibility index (Phi) is 5.36. The number of nitrogens with one attached hydrogen (secondary N) is 1. The van der Waals surface area contributed by atoms with Gasteiger partial charge in [0.05, 0.1) is 5.69 Å². The molecule has 0 aliphatic heterocycles. The van der Waals surface area contributed by atoms with Gasteiger partial charge in [-0.15, -0.1) is 0 Å². The maximum Gasteiger partial charge on any atom is 0.272 e. The summed E-state index contributed by atoms with van der Waals surface area (Å²) in [6, 6.07) is 8.10. The van der Waals surface area contributed by atoms with Crippen LogP contribution >= 0.6 is 15.9 Å². The molecule has 24 heavy (non-hydrogen) atoms. The van der Waals surface area contributed by atoms with Crippen molar-refractivity contribution in [2.45, 2.75) is 45.1 Å². The van der Waals surface area contributed by atoms with Crippen molar-refractivity contribution in [1.29, 1.82) is 0 Å². The Bertz CT molecular complexity index is 739. The fourth-order valence-corrected chi connectivity index (χ4v) is 3.49. The molecule has 1 unspecified atom stereocenters. The molecule has 3 rings (SSSR count). The summed E-state index contributed by atoms with van der Waals surface area (Å²) in [6.45, 7) is 2.52. The van der Waals surface area contributed by atoms with Crippen LogP contribution in [-0.2, 0) is 12.8 Å². The first-order chi connectivity index (χ1) is 11.6. The minimum Gasteiger partial charge on any atom is -0.351 e. The van der Waals surface area contributed by atoms with Crippen LogP contribution in [0.1, 0.15) is 47.9 Å². The molecule has 2 aromatic rings. The highest BCUT2D eigenvalue weighted by Crippen LogP contribution is 2.27. The monoisotopic (exact) mass is 390 g/mol. The molecule has 0 spiro atoms. The highest BCUT2D eigenvalue weighted by molar-refractivity contribution is 9.10. The molecule has 1 aliphatic carbocycles. The van der Waals surface area contributed by atoms with E-state index in [1.165, 1.54) is 0 Å². The maximum atomic E-state index is 12.6. The number of nitrogens with zero attached hydrogens (tertiary/aromatic N) is 2. The number of amides is 1. The van der Waals surface area contributed by atoms with E-state index in [1.807, 2.05) is 35.9 Å². The molecule has 1 atom stereocenters.